The van der Waals surface area contributed by atoms with Gasteiger partial charge in [-0.25, -0.2) is 13.8 Å². The lowest BCUT2D eigenvalue weighted by atomic mass is 9.92. The lowest BCUT2D eigenvalue weighted by Crippen LogP contribution is -2.58. The maximum atomic E-state index is 14.6. The van der Waals surface area contributed by atoms with E-state index in [9.17, 15) is 26.7 Å². The molecule has 0 aliphatic carbocycles. The number of hydrogen-bond acceptors (Lipinski definition) is 5. The highest BCUT2D eigenvalue weighted by Crippen LogP contribution is 2.46. The van der Waals surface area contributed by atoms with Gasteiger partial charge in [0.15, 0.2) is 0 Å². The van der Waals surface area contributed by atoms with Gasteiger partial charge in [-0.05, 0) is 13.0 Å². The van der Waals surface area contributed by atoms with Crippen molar-refractivity contribution in [2.75, 3.05) is 37.7 Å². The first-order valence-corrected chi connectivity index (χ1v) is 9.32. The van der Waals surface area contributed by atoms with Crippen molar-refractivity contribution < 1.29 is 31.5 Å². The molecule has 1 saturated heterocycles. The van der Waals surface area contributed by atoms with E-state index in [4.69, 9.17) is 10.5 Å². The second kappa shape index (κ2) is 8.02. The van der Waals surface area contributed by atoms with Crippen molar-refractivity contribution >= 4 is 11.7 Å². The highest BCUT2D eigenvalue weighted by Gasteiger charge is 2.48. The van der Waals surface area contributed by atoms with Crippen LogP contribution in [0, 0.1) is 0 Å². The number of amides is 1. The first kappa shape index (κ1) is 21.7. The van der Waals surface area contributed by atoms with E-state index in [1.54, 1.807) is 11.8 Å². The summed E-state index contributed by atoms with van der Waals surface area (Å²) in [5, 5.41) is 0. The van der Waals surface area contributed by atoms with Gasteiger partial charge in [-0.1, -0.05) is 0 Å². The van der Waals surface area contributed by atoms with Crippen molar-refractivity contribution in [2.24, 2.45) is 5.73 Å². The maximum absolute atomic E-state index is 14.6. The molecule has 0 bridgehead atoms. The summed E-state index contributed by atoms with van der Waals surface area (Å²) in [6.07, 6.45) is -4.73. The number of aromatic nitrogens is 1. The summed E-state index contributed by atoms with van der Waals surface area (Å²) in [6, 6.07) is -0.390. The van der Waals surface area contributed by atoms with Crippen molar-refractivity contribution in [3.63, 3.8) is 0 Å². The van der Waals surface area contributed by atoms with Crippen LogP contribution in [0.5, 0.6) is 0 Å². The molecule has 6 nitrogen and oxygen atoms in total. The average molecular weight is 422 g/mol. The highest BCUT2D eigenvalue weighted by molar-refractivity contribution is 5.76. The molecule has 0 spiro atoms. The topological polar surface area (TPSA) is 71.7 Å². The monoisotopic (exact) mass is 422 g/mol. The Morgan fingerprint density at radius 2 is 2.14 bits per heavy atom. The molecule has 1 amide bonds. The molecule has 29 heavy (non-hydrogen) atoms. The summed E-state index contributed by atoms with van der Waals surface area (Å²) >= 11 is 0. The molecule has 1 unspecified atom stereocenters. The number of nitrogens with two attached hydrogens (primary N) is 1. The van der Waals surface area contributed by atoms with Crippen molar-refractivity contribution in [3.05, 3.63) is 23.4 Å². The lowest BCUT2D eigenvalue weighted by molar-refractivity contribution is -0.138. The minimum atomic E-state index is -4.75. The number of fused-ring (bicyclic) bond motifs is 3. The Morgan fingerprint density at radius 1 is 1.41 bits per heavy atom. The minimum Gasteiger partial charge on any atom is -0.379 e. The molecule has 1 fully saturated rings. The molecule has 0 saturated carbocycles. The molecule has 3 rings (SSSR count). The summed E-state index contributed by atoms with van der Waals surface area (Å²) in [5.74, 6) is -3.83. The third-order valence-electron chi connectivity index (χ3n) is 5.03. The first-order chi connectivity index (χ1) is 13.5. The molecule has 0 radical (unpaired) electrons. The number of carbonyl (C=O) groups excluding carboxylic acids is 1. The number of carbonyl (C=O) groups is 1. The quantitative estimate of drug-likeness (QED) is 0.583. The Bertz CT molecular complexity index is 756. The Labute approximate surface area is 164 Å². The molecule has 2 aliphatic heterocycles. The van der Waals surface area contributed by atoms with Crippen molar-refractivity contribution in [2.45, 2.75) is 43.9 Å². The predicted octanol–water partition coefficient (Wildman–Crippen LogP) is 2.37. The molecule has 1 aromatic heterocycles. The van der Waals surface area contributed by atoms with Crippen molar-refractivity contribution in [3.8, 4) is 0 Å². The average Bonchev–Trinajstić information content (AvgIpc) is 2.63. The summed E-state index contributed by atoms with van der Waals surface area (Å²) in [7, 11) is 0. The molecule has 1 aromatic rings. The maximum Gasteiger partial charge on any atom is 0.417 e. The van der Waals surface area contributed by atoms with Crippen LogP contribution < -0.4 is 10.6 Å². The predicted molar refractivity (Wildman–Crippen MR) is 94.5 cm³/mol. The largest absolute Gasteiger partial charge is 0.417 e. The van der Waals surface area contributed by atoms with Gasteiger partial charge >= 0.3 is 6.18 Å². The summed E-state index contributed by atoms with van der Waals surface area (Å²) in [6.45, 7) is 2.83. The molecule has 0 aromatic carbocycles. The number of halogens is 5. The number of anilines is 1. The standard InChI is InChI=1S/C18H23F5N4O2/c1-11(24)10-29-5-2-15(28)26-3-4-27-13(9-26)7-17(19,20)14-6-12(18(21,22)23)8-25-16(14)27/h6,8,11,13H,2-5,7,9-10,24H2,1H3/t11-,13?/m0/s1. The fourth-order valence-corrected chi connectivity index (χ4v) is 3.64. The molecule has 162 valence electrons. The van der Waals surface area contributed by atoms with E-state index in [1.165, 1.54) is 4.90 Å². The van der Waals surface area contributed by atoms with Crippen LogP contribution in [0.2, 0.25) is 0 Å². The third-order valence-corrected chi connectivity index (χ3v) is 5.03. The Kier molecular flexibility index (Phi) is 6.00. The zero-order chi connectivity index (χ0) is 21.4. The normalized spacial score (nSPS) is 22.1. The van der Waals surface area contributed by atoms with E-state index < -0.39 is 35.7 Å². The fraction of sp³-hybridized carbons (Fsp3) is 0.667. The second-order valence-electron chi connectivity index (χ2n) is 7.49. The Morgan fingerprint density at radius 3 is 2.79 bits per heavy atom. The summed E-state index contributed by atoms with van der Waals surface area (Å²) < 4.78 is 73.2. The van der Waals surface area contributed by atoms with Crippen LogP contribution in [0.25, 0.3) is 0 Å². The van der Waals surface area contributed by atoms with E-state index in [2.05, 4.69) is 4.98 Å². The third kappa shape index (κ3) is 4.77. The highest BCUT2D eigenvalue weighted by atomic mass is 19.4. The minimum absolute atomic E-state index is 0.0594. The molecule has 2 N–H and O–H groups in total. The fourth-order valence-electron chi connectivity index (χ4n) is 3.64. The molecular formula is C18H23F5N4O2. The molecular weight excluding hydrogens is 399 g/mol. The zero-order valence-corrected chi connectivity index (χ0v) is 15.9. The second-order valence-corrected chi connectivity index (χ2v) is 7.49. The van der Waals surface area contributed by atoms with Gasteiger partial charge in [0.2, 0.25) is 5.91 Å². The van der Waals surface area contributed by atoms with Gasteiger partial charge in [0.1, 0.15) is 5.82 Å². The van der Waals surface area contributed by atoms with Crippen LogP contribution in [0.4, 0.5) is 27.8 Å². The number of piperazine rings is 1. The summed E-state index contributed by atoms with van der Waals surface area (Å²) in [5.41, 5.74) is 3.64. The first-order valence-electron chi connectivity index (χ1n) is 9.32. The number of rotatable bonds is 5. The van der Waals surface area contributed by atoms with Crippen LogP contribution in [0.3, 0.4) is 0 Å². The SMILES string of the molecule is C[C@H](N)COCCC(=O)N1CCN2c3ncc(C(F)(F)F)cc3C(F)(F)CC2C1. The van der Waals surface area contributed by atoms with Crippen LogP contribution in [-0.2, 0) is 21.6 Å². The molecule has 2 atom stereocenters. The van der Waals surface area contributed by atoms with E-state index in [0.29, 0.717) is 18.9 Å². The molecule has 3 heterocycles. The van der Waals surface area contributed by atoms with E-state index >= 15 is 0 Å². The van der Waals surface area contributed by atoms with Gasteiger partial charge < -0.3 is 20.3 Å². The molecule has 2 aliphatic rings. The Balaban J connectivity index is 1.70. The van der Waals surface area contributed by atoms with Gasteiger partial charge in [-0.3, -0.25) is 4.79 Å². The van der Waals surface area contributed by atoms with Gasteiger partial charge in [-0.2, -0.15) is 13.2 Å². The van der Waals surface area contributed by atoms with E-state index in [1.807, 2.05) is 0 Å². The van der Waals surface area contributed by atoms with E-state index in [-0.39, 0.29) is 50.4 Å². The van der Waals surface area contributed by atoms with Gasteiger partial charge in [0, 0.05) is 38.3 Å². The van der Waals surface area contributed by atoms with Crippen LogP contribution in [-0.4, -0.2) is 60.7 Å². The smallest absolute Gasteiger partial charge is 0.379 e. The number of ether oxygens (including phenoxy) is 1. The molecule has 11 heteroatoms. The van der Waals surface area contributed by atoms with Gasteiger partial charge in [-0.15, -0.1) is 0 Å². The zero-order valence-electron chi connectivity index (χ0n) is 15.9. The van der Waals surface area contributed by atoms with Crippen LogP contribution in [0.15, 0.2) is 12.3 Å². The Hall–Kier alpha value is -2.01. The van der Waals surface area contributed by atoms with E-state index in [0.717, 1.165) is 0 Å². The van der Waals surface area contributed by atoms with Crippen LogP contribution in [0.1, 0.15) is 30.9 Å². The summed E-state index contributed by atoms with van der Waals surface area (Å²) in [4.78, 5) is 19.1. The van der Waals surface area contributed by atoms with Gasteiger partial charge in [0.25, 0.3) is 5.92 Å². The van der Waals surface area contributed by atoms with Crippen molar-refractivity contribution in [1.29, 1.82) is 0 Å². The lowest BCUT2D eigenvalue weighted by Gasteiger charge is -2.47. The number of nitrogens with zero attached hydrogens (tertiary/aromatic N) is 3. The number of alkyl halides is 5. The number of hydrogen-bond donors (Lipinski definition) is 1. The van der Waals surface area contributed by atoms with Crippen LogP contribution >= 0.6 is 0 Å². The number of pyridine rings is 1. The van der Waals surface area contributed by atoms with Crippen molar-refractivity contribution in [1.82, 2.24) is 9.88 Å². The van der Waals surface area contributed by atoms with Gasteiger partial charge in [0.05, 0.1) is 36.8 Å².